The Balaban J connectivity index is 1.99. The van der Waals surface area contributed by atoms with Crippen LogP contribution in [0.15, 0.2) is 18.3 Å². The Hall–Kier alpha value is -1.58. The van der Waals surface area contributed by atoms with Gasteiger partial charge in [0.1, 0.15) is 5.69 Å². The molecule has 1 aliphatic carbocycles. The maximum absolute atomic E-state index is 10.7. The van der Waals surface area contributed by atoms with Crippen molar-refractivity contribution in [2.75, 3.05) is 5.32 Å². The van der Waals surface area contributed by atoms with E-state index >= 15 is 0 Å². The Morgan fingerprint density at radius 1 is 1.50 bits per heavy atom. The van der Waals surface area contributed by atoms with E-state index in [1.807, 2.05) is 0 Å². The lowest BCUT2D eigenvalue weighted by molar-refractivity contribution is 0.0690. The van der Waals surface area contributed by atoms with E-state index in [1.54, 1.807) is 18.3 Å². The molecule has 0 aromatic carbocycles. The molecule has 1 aromatic rings. The number of carbonyl (C=O) groups is 1. The third-order valence-electron chi connectivity index (χ3n) is 3.56. The van der Waals surface area contributed by atoms with Crippen molar-refractivity contribution in [3.8, 4) is 0 Å². The summed E-state index contributed by atoms with van der Waals surface area (Å²) in [6.07, 6.45) is 6.44. The van der Waals surface area contributed by atoms with Crippen molar-refractivity contribution >= 4 is 11.7 Å². The lowest BCUT2D eigenvalue weighted by Gasteiger charge is -2.36. The molecule has 1 fully saturated rings. The number of carboxylic acids is 1. The normalized spacial score (nSPS) is 22.4. The number of anilines is 1. The molecule has 98 valence electrons. The van der Waals surface area contributed by atoms with E-state index in [-0.39, 0.29) is 5.69 Å². The van der Waals surface area contributed by atoms with Crippen LogP contribution in [0, 0.1) is 5.41 Å². The van der Waals surface area contributed by atoms with Gasteiger partial charge in [-0.2, -0.15) is 0 Å². The average molecular weight is 248 g/mol. The summed E-state index contributed by atoms with van der Waals surface area (Å²) in [5.74, 6) is -0.986. The van der Waals surface area contributed by atoms with Crippen LogP contribution in [-0.4, -0.2) is 22.1 Å². The number of nitrogens with zero attached hydrogens (tertiary/aromatic N) is 1. The second-order valence-corrected chi connectivity index (χ2v) is 5.84. The van der Waals surface area contributed by atoms with Gasteiger partial charge in [0.15, 0.2) is 0 Å². The number of nitrogens with one attached hydrogen (secondary N) is 1. The van der Waals surface area contributed by atoms with Crippen LogP contribution in [0.4, 0.5) is 5.69 Å². The predicted octanol–water partition coefficient (Wildman–Crippen LogP) is 3.16. The summed E-state index contributed by atoms with van der Waals surface area (Å²) in [7, 11) is 0. The number of hydrogen-bond donors (Lipinski definition) is 2. The molecule has 2 N–H and O–H groups in total. The van der Waals surface area contributed by atoms with E-state index in [9.17, 15) is 4.79 Å². The summed E-state index contributed by atoms with van der Waals surface area (Å²) in [5.41, 5.74) is 1.39. The van der Waals surface area contributed by atoms with Crippen LogP contribution < -0.4 is 5.32 Å². The Bertz CT molecular complexity index is 426. The molecule has 0 saturated heterocycles. The van der Waals surface area contributed by atoms with E-state index < -0.39 is 5.97 Å². The van der Waals surface area contributed by atoms with Crippen molar-refractivity contribution in [3.05, 3.63) is 24.0 Å². The highest BCUT2D eigenvalue weighted by Crippen LogP contribution is 2.36. The molecule has 0 spiro atoms. The standard InChI is InChI=1S/C14H20N2O2/c1-14(2)7-3-4-10(8-14)16-11-5-6-12(13(17)18)15-9-11/h5-6,9-10,16H,3-4,7-8H2,1-2H3,(H,17,18). The predicted molar refractivity (Wildman–Crippen MR) is 70.9 cm³/mol. The van der Waals surface area contributed by atoms with Crippen molar-refractivity contribution < 1.29 is 9.90 Å². The third kappa shape index (κ3) is 3.22. The minimum Gasteiger partial charge on any atom is -0.477 e. The number of rotatable bonds is 3. The van der Waals surface area contributed by atoms with Gasteiger partial charge in [-0.1, -0.05) is 20.3 Å². The number of aromatic carboxylic acids is 1. The molecule has 18 heavy (non-hydrogen) atoms. The zero-order valence-electron chi connectivity index (χ0n) is 10.9. The Morgan fingerprint density at radius 2 is 2.28 bits per heavy atom. The molecule has 4 nitrogen and oxygen atoms in total. The maximum atomic E-state index is 10.7. The first-order valence-corrected chi connectivity index (χ1v) is 6.42. The van der Waals surface area contributed by atoms with Crippen LogP contribution in [0.5, 0.6) is 0 Å². The molecule has 0 aliphatic heterocycles. The summed E-state index contributed by atoms with van der Waals surface area (Å²) in [6.45, 7) is 4.60. The Morgan fingerprint density at radius 3 is 2.83 bits per heavy atom. The van der Waals surface area contributed by atoms with Crippen LogP contribution in [-0.2, 0) is 0 Å². The van der Waals surface area contributed by atoms with Crippen LogP contribution in [0.25, 0.3) is 0 Å². The van der Waals surface area contributed by atoms with Gasteiger partial charge in [0.05, 0.1) is 11.9 Å². The molecule has 1 saturated carbocycles. The van der Waals surface area contributed by atoms with E-state index in [0.29, 0.717) is 11.5 Å². The molecule has 0 amide bonds. The van der Waals surface area contributed by atoms with E-state index in [2.05, 4.69) is 24.1 Å². The molecular formula is C14H20N2O2. The highest BCUT2D eigenvalue weighted by atomic mass is 16.4. The molecule has 2 rings (SSSR count). The lowest BCUT2D eigenvalue weighted by atomic mass is 9.75. The zero-order chi connectivity index (χ0) is 13.2. The van der Waals surface area contributed by atoms with Crippen LogP contribution >= 0.6 is 0 Å². The number of carboxylic acid groups (broad SMARTS) is 1. The fourth-order valence-corrected chi connectivity index (χ4v) is 2.66. The summed E-state index contributed by atoms with van der Waals surface area (Å²) in [6, 6.07) is 3.79. The van der Waals surface area contributed by atoms with Gasteiger partial charge in [0.25, 0.3) is 0 Å². The SMILES string of the molecule is CC1(C)CCCC(Nc2ccc(C(=O)O)nc2)C1. The fourth-order valence-electron chi connectivity index (χ4n) is 2.66. The Kier molecular flexibility index (Phi) is 3.55. The monoisotopic (exact) mass is 248 g/mol. The molecule has 1 aromatic heterocycles. The average Bonchev–Trinajstić information content (AvgIpc) is 2.28. The molecule has 4 heteroatoms. The summed E-state index contributed by atoms with van der Waals surface area (Å²) in [5, 5.41) is 12.2. The van der Waals surface area contributed by atoms with Gasteiger partial charge >= 0.3 is 5.97 Å². The summed E-state index contributed by atoms with van der Waals surface area (Å²) >= 11 is 0. The van der Waals surface area contributed by atoms with Crippen LogP contribution in [0.3, 0.4) is 0 Å². The van der Waals surface area contributed by atoms with Gasteiger partial charge < -0.3 is 10.4 Å². The largest absolute Gasteiger partial charge is 0.477 e. The lowest BCUT2D eigenvalue weighted by Crippen LogP contribution is -2.31. The maximum Gasteiger partial charge on any atom is 0.354 e. The van der Waals surface area contributed by atoms with Crippen LogP contribution in [0.1, 0.15) is 50.0 Å². The smallest absolute Gasteiger partial charge is 0.354 e. The fraction of sp³-hybridized carbons (Fsp3) is 0.571. The summed E-state index contributed by atoms with van der Waals surface area (Å²) in [4.78, 5) is 14.6. The first-order chi connectivity index (χ1) is 8.46. The van der Waals surface area contributed by atoms with Crippen molar-refractivity contribution in [1.82, 2.24) is 4.98 Å². The van der Waals surface area contributed by atoms with Gasteiger partial charge in [0.2, 0.25) is 0 Å². The first kappa shape index (κ1) is 12.9. The van der Waals surface area contributed by atoms with Gasteiger partial charge in [-0.3, -0.25) is 0 Å². The van der Waals surface area contributed by atoms with E-state index in [1.165, 1.54) is 19.3 Å². The third-order valence-corrected chi connectivity index (χ3v) is 3.56. The number of hydrogen-bond acceptors (Lipinski definition) is 3. The molecule has 0 radical (unpaired) electrons. The second kappa shape index (κ2) is 4.96. The zero-order valence-corrected chi connectivity index (χ0v) is 10.9. The van der Waals surface area contributed by atoms with Gasteiger partial charge in [0, 0.05) is 6.04 Å². The molecule has 1 aliphatic rings. The molecule has 1 atom stereocenters. The van der Waals surface area contributed by atoms with Crippen molar-refractivity contribution in [2.24, 2.45) is 5.41 Å². The van der Waals surface area contributed by atoms with E-state index in [4.69, 9.17) is 5.11 Å². The highest BCUT2D eigenvalue weighted by Gasteiger charge is 2.27. The minimum absolute atomic E-state index is 0.0875. The quantitative estimate of drug-likeness (QED) is 0.862. The number of aromatic nitrogens is 1. The first-order valence-electron chi connectivity index (χ1n) is 6.42. The van der Waals surface area contributed by atoms with Gasteiger partial charge in [-0.05, 0) is 36.8 Å². The van der Waals surface area contributed by atoms with Crippen LogP contribution in [0.2, 0.25) is 0 Å². The van der Waals surface area contributed by atoms with Gasteiger partial charge in [-0.25, -0.2) is 9.78 Å². The van der Waals surface area contributed by atoms with Crippen molar-refractivity contribution in [1.29, 1.82) is 0 Å². The Labute approximate surface area is 107 Å². The molecule has 1 unspecified atom stereocenters. The number of pyridine rings is 1. The highest BCUT2D eigenvalue weighted by molar-refractivity contribution is 5.85. The van der Waals surface area contributed by atoms with Crippen molar-refractivity contribution in [3.63, 3.8) is 0 Å². The van der Waals surface area contributed by atoms with Gasteiger partial charge in [-0.15, -0.1) is 0 Å². The van der Waals surface area contributed by atoms with Crippen molar-refractivity contribution in [2.45, 2.75) is 45.6 Å². The minimum atomic E-state index is -0.986. The summed E-state index contributed by atoms with van der Waals surface area (Å²) < 4.78 is 0. The molecule has 1 heterocycles. The molecular weight excluding hydrogens is 228 g/mol. The van der Waals surface area contributed by atoms with E-state index in [0.717, 1.165) is 12.1 Å². The second-order valence-electron chi connectivity index (χ2n) is 5.84. The topological polar surface area (TPSA) is 62.2 Å². The molecule has 0 bridgehead atoms.